The standard InChI is InChI=1S/C31H28ClN5O2/c1-20-9-7-10-22(17-20)29-27-13-8-16-35(27)30-25(21(2)34-37(30)24-11-5-4-6-12-24)19-36(29)31(38)33-26-18-23(32)14-15-28(26)39-3/h4-18,29H,19H2,1-3H3,(H,33,38)/t29-/m0/s1. The number of halogens is 1. The van der Waals surface area contributed by atoms with Crippen LogP contribution < -0.4 is 10.1 Å². The van der Waals surface area contributed by atoms with E-state index in [2.05, 4.69) is 41.1 Å². The van der Waals surface area contributed by atoms with Crippen LogP contribution >= 0.6 is 11.6 Å². The maximum atomic E-state index is 14.2. The van der Waals surface area contributed by atoms with E-state index in [0.717, 1.165) is 39.6 Å². The van der Waals surface area contributed by atoms with Crippen molar-refractivity contribution in [2.45, 2.75) is 26.4 Å². The number of methoxy groups -OCH3 is 1. The van der Waals surface area contributed by atoms with E-state index in [1.54, 1.807) is 25.3 Å². The highest BCUT2D eigenvalue weighted by atomic mass is 35.5. The second-order valence-corrected chi connectivity index (χ2v) is 10.1. The fourth-order valence-electron chi connectivity index (χ4n) is 5.31. The molecule has 0 fully saturated rings. The number of rotatable bonds is 4. The Morgan fingerprint density at radius 1 is 1.00 bits per heavy atom. The molecule has 0 bridgehead atoms. The number of nitrogens with one attached hydrogen (secondary N) is 1. The average Bonchev–Trinajstić information content (AvgIpc) is 3.49. The molecule has 0 saturated carbocycles. The maximum absolute atomic E-state index is 14.2. The van der Waals surface area contributed by atoms with Gasteiger partial charge < -0.3 is 19.5 Å². The monoisotopic (exact) mass is 537 g/mol. The number of amides is 2. The lowest BCUT2D eigenvalue weighted by Crippen LogP contribution is -2.38. The van der Waals surface area contributed by atoms with Crippen LogP contribution in [0.15, 0.2) is 91.1 Å². The SMILES string of the molecule is COc1ccc(Cl)cc1NC(=O)N1Cc2c(C)nn(-c3ccccc3)c2-n2cccc2[C@@H]1c1cccc(C)c1. The second-order valence-electron chi connectivity index (χ2n) is 9.66. The van der Waals surface area contributed by atoms with Gasteiger partial charge in [0.25, 0.3) is 0 Å². The Hall–Kier alpha value is -4.49. The topological polar surface area (TPSA) is 64.3 Å². The van der Waals surface area contributed by atoms with E-state index in [9.17, 15) is 4.79 Å². The fraction of sp³-hybridized carbons (Fsp3) is 0.161. The Morgan fingerprint density at radius 3 is 2.59 bits per heavy atom. The van der Waals surface area contributed by atoms with Crippen molar-refractivity contribution in [3.63, 3.8) is 0 Å². The van der Waals surface area contributed by atoms with Crippen molar-refractivity contribution in [3.8, 4) is 17.3 Å². The minimum absolute atomic E-state index is 0.269. The average molecular weight is 538 g/mol. The summed E-state index contributed by atoms with van der Waals surface area (Å²) in [6.07, 6.45) is 2.04. The number of aryl methyl sites for hydroxylation is 2. The number of para-hydroxylation sites is 1. The first-order valence-corrected chi connectivity index (χ1v) is 13.1. The molecule has 39 heavy (non-hydrogen) atoms. The van der Waals surface area contributed by atoms with Crippen molar-refractivity contribution < 1.29 is 9.53 Å². The van der Waals surface area contributed by atoms with Crippen LogP contribution in [0.4, 0.5) is 10.5 Å². The number of nitrogens with zero attached hydrogens (tertiary/aromatic N) is 4. The van der Waals surface area contributed by atoms with Crippen LogP contribution in [0.25, 0.3) is 11.5 Å². The maximum Gasteiger partial charge on any atom is 0.323 e. The predicted molar refractivity (Wildman–Crippen MR) is 153 cm³/mol. The van der Waals surface area contributed by atoms with Crippen molar-refractivity contribution in [1.82, 2.24) is 19.2 Å². The van der Waals surface area contributed by atoms with E-state index < -0.39 is 0 Å². The van der Waals surface area contributed by atoms with Gasteiger partial charge in [-0.15, -0.1) is 0 Å². The molecule has 1 aliphatic heterocycles. The van der Waals surface area contributed by atoms with Crippen molar-refractivity contribution >= 4 is 23.3 Å². The molecule has 0 saturated heterocycles. The highest BCUT2D eigenvalue weighted by Crippen LogP contribution is 2.39. The van der Waals surface area contributed by atoms with Gasteiger partial charge in [-0.25, -0.2) is 9.48 Å². The lowest BCUT2D eigenvalue weighted by atomic mass is 10.00. The minimum atomic E-state index is -0.360. The first-order valence-electron chi connectivity index (χ1n) is 12.7. The number of benzene rings is 3. The number of anilines is 1. The van der Waals surface area contributed by atoms with E-state index in [4.69, 9.17) is 21.4 Å². The molecule has 2 aromatic heterocycles. The Kier molecular flexibility index (Phi) is 6.37. The van der Waals surface area contributed by atoms with Crippen LogP contribution in [0.2, 0.25) is 5.02 Å². The van der Waals surface area contributed by atoms with Gasteiger partial charge in [0.2, 0.25) is 0 Å². The number of fused-ring (bicyclic) bond motifs is 3. The number of carbonyl (C=O) groups is 1. The van der Waals surface area contributed by atoms with Gasteiger partial charge in [-0.05, 0) is 61.9 Å². The Bertz CT molecular complexity index is 1670. The molecule has 1 aliphatic rings. The molecule has 3 heterocycles. The number of ether oxygens (including phenoxy) is 1. The van der Waals surface area contributed by atoms with Crippen LogP contribution in [-0.2, 0) is 6.54 Å². The molecule has 0 spiro atoms. The molecular formula is C31H28ClN5O2. The van der Waals surface area contributed by atoms with E-state index in [0.29, 0.717) is 23.0 Å². The Morgan fingerprint density at radius 2 is 1.82 bits per heavy atom. The first-order chi connectivity index (χ1) is 18.9. The van der Waals surface area contributed by atoms with Gasteiger partial charge in [0, 0.05) is 16.8 Å². The third-order valence-electron chi connectivity index (χ3n) is 7.11. The Labute approximate surface area is 232 Å². The summed E-state index contributed by atoms with van der Waals surface area (Å²) in [7, 11) is 1.57. The van der Waals surface area contributed by atoms with Gasteiger partial charge >= 0.3 is 6.03 Å². The smallest absolute Gasteiger partial charge is 0.323 e. The largest absolute Gasteiger partial charge is 0.495 e. The molecule has 0 unspecified atom stereocenters. The van der Waals surface area contributed by atoms with Crippen LogP contribution in [-0.4, -0.2) is 32.4 Å². The lowest BCUT2D eigenvalue weighted by Gasteiger charge is -2.31. The molecular weight excluding hydrogens is 510 g/mol. The molecule has 6 rings (SSSR count). The summed E-state index contributed by atoms with van der Waals surface area (Å²) in [5.41, 5.74) is 6.40. The lowest BCUT2D eigenvalue weighted by molar-refractivity contribution is 0.194. The number of urea groups is 1. The molecule has 0 radical (unpaired) electrons. The molecule has 1 atom stereocenters. The van der Waals surface area contributed by atoms with Gasteiger partial charge in [0.1, 0.15) is 11.6 Å². The normalized spacial score (nSPS) is 14.4. The predicted octanol–water partition coefficient (Wildman–Crippen LogP) is 7.08. The molecule has 2 amide bonds. The van der Waals surface area contributed by atoms with Crippen LogP contribution in [0.1, 0.15) is 34.1 Å². The van der Waals surface area contributed by atoms with E-state index >= 15 is 0 Å². The van der Waals surface area contributed by atoms with E-state index in [1.165, 1.54) is 0 Å². The summed E-state index contributed by atoms with van der Waals surface area (Å²) in [6, 6.07) is 27.0. The van der Waals surface area contributed by atoms with Crippen molar-refractivity contribution in [3.05, 3.63) is 124 Å². The van der Waals surface area contributed by atoms with Gasteiger partial charge in [0.15, 0.2) is 0 Å². The van der Waals surface area contributed by atoms with Gasteiger partial charge in [0.05, 0.1) is 42.5 Å². The van der Waals surface area contributed by atoms with Crippen LogP contribution in [0.5, 0.6) is 5.75 Å². The summed E-state index contributed by atoms with van der Waals surface area (Å²) in [4.78, 5) is 16.0. The first kappa shape index (κ1) is 24.8. The summed E-state index contributed by atoms with van der Waals surface area (Å²) in [5.74, 6) is 1.46. The van der Waals surface area contributed by atoms with E-state index in [1.807, 2.05) is 65.2 Å². The number of hydrogen-bond donors (Lipinski definition) is 1. The molecule has 5 aromatic rings. The van der Waals surface area contributed by atoms with Crippen LogP contribution in [0, 0.1) is 13.8 Å². The van der Waals surface area contributed by atoms with Crippen molar-refractivity contribution in [2.24, 2.45) is 0 Å². The van der Waals surface area contributed by atoms with Gasteiger partial charge in [-0.3, -0.25) is 0 Å². The molecule has 3 aromatic carbocycles. The van der Waals surface area contributed by atoms with Crippen molar-refractivity contribution in [1.29, 1.82) is 0 Å². The summed E-state index contributed by atoms with van der Waals surface area (Å²) in [5, 5.41) is 8.49. The third-order valence-corrected chi connectivity index (χ3v) is 7.34. The summed E-state index contributed by atoms with van der Waals surface area (Å²) < 4.78 is 9.62. The minimum Gasteiger partial charge on any atom is -0.495 e. The number of hydrogen-bond acceptors (Lipinski definition) is 3. The summed E-state index contributed by atoms with van der Waals surface area (Å²) in [6.45, 7) is 4.40. The zero-order valence-electron chi connectivity index (χ0n) is 21.9. The molecule has 0 aliphatic carbocycles. The molecule has 8 heteroatoms. The molecule has 196 valence electrons. The zero-order chi connectivity index (χ0) is 27.1. The molecule has 1 N–H and O–H groups in total. The quantitative estimate of drug-likeness (QED) is 0.266. The summed E-state index contributed by atoms with van der Waals surface area (Å²) >= 11 is 6.28. The van der Waals surface area contributed by atoms with E-state index in [-0.39, 0.29) is 12.1 Å². The number of aromatic nitrogens is 3. The van der Waals surface area contributed by atoms with Gasteiger partial charge in [-0.1, -0.05) is 59.6 Å². The highest BCUT2D eigenvalue weighted by molar-refractivity contribution is 6.31. The van der Waals surface area contributed by atoms with Crippen molar-refractivity contribution in [2.75, 3.05) is 12.4 Å². The number of carbonyl (C=O) groups excluding carboxylic acids is 1. The molecule has 7 nitrogen and oxygen atoms in total. The highest BCUT2D eigenvalue weighted by Gasteiger charge is 2.36. The second kappa shape index (κ2) is 10.0. The third kappa shape index (κ3) is 4.45. The Balaban J connectivity index is 1.54. The zero-order valence-corrected chi connectivity index (χ0v) is 22.7. The van der Waals surface area contributed by atoms with Gasteiger partial charge in [-0.2, -0.15) is 5.10 Å². The fourth-order valence-corrected chi connectivity index (χ4v) is 5.48. The van der Waals surface area contributed by atoms with Crippen LogP contribution in [0.3, 0.4) is 0 Å².